The summed E-state index contributed by atoms with van der Waals surface area (Å²) in [5, 5.41) is 11.3. The monoisotopic (exact) mass is 423 g/mol. The van der Waals surface area contributed by atoms with Gasteiger partial charge < -0.3 is 10.2 Å². The third kappa shape index (κ3) is 4.65. The first-order valence-electron chi connectivity index (χ1n) is 11.4. The van der Waals surface area contributed by atoms with E-state index >= 15 is 0 Å². The number of aromatic nitrogens is 3. The van der Waals surface area contributed by atoms with E-state index in [-0.39, 0.29) is 23.3 Å². The van der Waals surface area contributed by atoms with Gasteiger partial charge in [0.1, 0.15) is 0 Å². The van der Waals surface area contributed by atoms with Crippen LogP contribution in [0.25, 0.3) is 0 Å². The zero-order valence-electron chi connectivity index (χ0n) is 18.8. The molecule has 2 aromatic rings. The number of amides is 2. The summed E-state index contributed by atoms with van der Waals surface area (Å²) in [5.41, 5.74) is 2.82. The maximum absolute atomic E-state index is 12.8. The van der Waals surface area contributed by atoms with E-state index in [1.807, 2.05) is 21.7 Å². The van der Waals surface area contributed by atoms with E-state index < -0.39 is 0 Å². The van der Waals surface area contributed by atoms with Crippen LogP contribution >= 0.6 is 0 Å². The summed E-state index contributed by atoms with van der Waals surface area (Å²) in [4.78, 5) is 27.1. The second-order valence-electron chi connectivity index (χ2n) is 9.65. The third-order valence-electron chi connectivity index (χ3n) is 6.91. The van der Waals surface area contributed by atoms with Crippen LogP contribution in [0.1, 0.15) is 67.2 Å². The number of carbonyl (C=O) groups is 2. The molecule has 2 fully saturated rings. The van der Waals surface area contributed by atoms with Crippen LogP contribution in [0.3, 0.4) is 0 Å². The zero-order chi connectivity index (χ0) is 22.0. The Hall–Kier alpha value is -2.70. The molecule has 0 bridgehead atoms. The topological polar surface area (TPSA) is 80.1 Å². The normalized spacial score (nSPS) is 20.0. The van der Waals surface area contributed by atoms with E-state index in [2.05, 4.69) is 48.5 Å². The Morgan fingerprint density at radius 3 is 2.65 bits per heavy atom. The van der Waals surface area contributed by atoms with Crippen molar-refractivity contribution in [2.45, 2.75) is 58.9 Å². The minimum atomic E-state index is -0.162. The second-order valence-corrected chi connectivity index (χ2v) is 9.65. The average Bonchev–Trinajstić information content (AvgIpc) is 3.20. The van der Waals surface area contributed by atoms with E-state index in [4.69, 9.17) is 0 Å². The van der Waals surface area contributed by atoms with Crippen LogP contribution < -0.4 is 5.32 Å². The SMILES string of the molecule is Cc1cccc(CC(=O)N2CCC3(CCC3n3cc(C(=O)NCC(C)C)nn3)CC2)c1. The van der Waals surface area contributed by atoms with Crippen LogP contribution in [0, 0.1) is 18.3 Å². The number of hydrogen-bond donors (Lipinski definition) is 1. The first-order chi connectivity index (χ1) is 14.9. The summed E-state index contributed by atoms with van der Waals surface area (Å²) < 4.78 is 1.89. The molecule has 1 saturated carbocycles. The van der Waals surface area contributed by atoms with Crippen LogP contribution in [-0.2, 0) is 11.2 Å². The smallest absolute Gasteiger partial charge is 0.273 e. The molecule has 31 heavy (non-hydrogen) atoms. The van der Waals surface area contributed by atoms with Gasteiger partial charge in [-0.2, -0.15) is 0 Å². The highest BCUT2D eigenvalue weighted by Gasteiger charge is 2.50. The lowest BCUT2D eigenvalue weighted by Gasteiger charge is -2.53. The lowest BCUT2D eigenvalue weighted by atomic mass is 9.59. The predicted molar refractivity (Wildman–Crippen MR) is 119 cm³/mol. The highest BCUT2D eigenvalue weighted by Crippen LogP contribution is 2.56. The number of piperidine rings is 1. The average molecular weight is 424 g/mol. The number of rotatable bonds is 6. The maximum atomic E-state index is 12.8. The molecule has 1 aromatic heterocycles. The third-order valence-corrected chi connectivity index (χ3v) is 6.91. The van der Waals surface area contributed by atoms with E-state index in [9.17, 15) is 9.59 Å². The highest BCUT2D eigenvalue weighted by atomic mass is 16.2. The molecule has 1 atom stereocenters. The van der Waals surface area contributed by atoms with E-state index in [1.54, 1.807) is 6.20 Å². The molecule has 2 amide bonds. The van der Waals surface area contributed by atoms with E-state index in [0.29, 0.717) is 24.6 Å². The summed E-state index contributed by atoms with van der Waals surface area (Å²) >= 11 is 0. The Morgan fingerprint density at radius 2 is 2.00 bits per heavy atom. The fraction of sp³-hybridized carbons (Fsp3) is 0.583. The van der Waals surface area contributed by atoms with E-state index in [1.165, 1.54) is 5.56 Å². The van der Waals surface area contributed by atoms with Gasteiger partial charge >= 0.3 is 0 Å². The Labute approximate surface area is 184 Å². The molecule has 1 aliphatic heterocycles. The summed E-state index contributed by atoms with van der Waals surface area (Å²) in [6, 6.07) is 8.44. The summed E-state index contributed by atoms with van der Waals surface area (Å²) in [7, 11) is 0. The summed E-state index contributed by atoms with van der Waals surface area (Å²) in [6.45, 7) is 8.39. The first kappa shape index (κ1) is 21.5. The number of nitrogens with one attached hydrogen (secondary N) is 1. The fourth-order valence-corrected chi connectivity index (χ4v) is 4.91. The first-order valence-corrected chi connectivity index (χ1v) is 11.4. The molecular formula is C24H33N5O2. The van der Waals surface area contributed by atoms with Gasteiger partial charge in [-0.1, -0.05) is 48.9 Å². The van der Waals surface area contributed by atoms with Crippen LogP contribution in [-0.4, -0.2) is 51.3 Å². The number of hydrogen-bond acceptors (Lipinski definition) is 4. The molecule has 1 spiro atoms. The molecule has 7 heteroatoms. The van der Waals surface area contributed by atoms with Gasteiger partial charge in [0.25, 0.3) is 5.91 Å². The van der Waals surface area contributed by atoms with Crippen molar-refractivity contribution in [3.05, 3.63) is 47.3 Å². The number of nitrogens with zero attached hydrogens (tertiary/aromatic N) is 4. The standard InChI is InChI=1S/C24H33N5O2/c1-17(2)15-25-23(31)20-16-29(27-26-20)21-7-8-24(21)9-11-28(12-10-24)22(30)14-19-6-4-5-18(3)13-19/h4-6,13,16-17,21H,7-12,14-15H2,1-3H3,(H,25,31). The van der Waals surface area contributed by atoms with Crippen molar-refractivity contribution in [2.24, 2.45) is 11.3 Å². The van der Waals surface area contributed by atoms with Crippen molar-refractivity contribution >= 4 is 11.8 Å². The fourth-order valence-electron chi connectivity index (χ4n) is 4.91. The summed E-state index contributed by atoms with van der Waals surface area (Å²) in [6.07, 6.45) is 6.41. The quantitative estimate of drug-likeness (QED) is 0.774. The number of likely N-dealkylation sites (tertiary alicyclic amines) is 1. The molecule has 7 nitrogen and oxygen atoms in total. The lowest BCUT2D eigenvalue weighted by molar-refractivity contribution is -0.135. The molecule has 166 valence electrons. The van der Waals surface area contributed by atoms with Gasteiger partial charge in [0, 0.05) is 19.6 Å². The maximum Gasteiger partial charge on any atom is 0.273 e. The van der Waals surface area contributed by atoms with Crippen LogP contribution in [0.2, 0.25) is 0 Å². The lowest BCUT2D eigenvalue weighted by Crippen LogP contribution is -2.51. The molecule has 1 saturated heterocycles. The van der Waals surface area contributed by atoms with Crippen molar-refractivity contribution in [2.75, 3.05) is 19.6 Å². The van der Waals surface area contributed by atoms with Gasteiger partial charge in [0.05, 0.1) is 18.7 Å². The Balaban J connectivity index is 1.34. The van der Waals surface area contributed by atoms with Gasteiger partial charge in [0.15, 0.2) is 5.69 Å². The molecule has 1 unspecified atom stereocenters. The molecule has 1 N–H and O–H groups in total. The van der Waals surface area contributed by atoms with Crippen molar-refractivity contribution in [3.8, 4) is 0 Å². The Morgan fingerprint density at radius 1 is 1.23 bits per heavy atom. The Kier molecular flexibility index (Phi) is 6.12. The van der Waals surface area contributed by atoms with Gasteiger partial charge in [-0.05, 0) is 49.5 Å². The van der Waals surface area contributed by atoms with Gasteiger partial charge in [-0.25, -0.2) is 4.68 Å². The zero-order valence-corrected chi connectivity index (χ0v) is 18.8. The van der Waals surface area contributed by atoms with Gasteiger partial charge in [-0.3, -0.25) is 9.59 Å². The molecular weight excluding hydrogens is 390 g/mol. The summed E-state index contributed by atoms with van der Waals surface area (Å²) in [5.74, 6) is 0.443. The Bertz CT molecular complexity index is 943. The molecule has 2 aliphatic rings. The highest BCUT2D eigenvalue weighted by molar-refractivity contribution is 5.91. The van der Waals surface area contributed by atoms with Gasteiger partial charge in [0.2, 0.25) is 5.91 Å². The molecule has 1 aromatic carbocycles. The largest absolute Gasteiger partial charge is 0.350 e. The second kappa shape index (κ2) is 8.81. The van der Waals surface area contributed by atoms with Crippen molar-refractivity contribution < 1.29 is 9.59 Å². The molecule has 1 aliphatic carbocycles. The molecule has 2 heterocycles. The van der Waals surface area contributed by atoms with Crippen LogP contribution in [0.5, 0.6) is 0 Å². The van der Waals surface area contributed by atoms with Crippen molar-refractivity contribution in [3.63, 3.8) is 0 Å². The van der Waals surface area contributed by atoms with Crippen LogP contribution in [0.4, 0.5) is 0 Å². The van der Waals surface area contributed by atoms with E-state index in [0.717, 1.165) is 44.3 Å². The minimum Gasteiger partial charge on any atom is -0.350 e. The van der Waals surface area contributed by atoms with Gasteiger partial charge in [-0.15, -0.1) is 5.10 Å². The number of carbonyl (C=O) groups excluding carboxylic acids is 2. The number of aryl methyl sites for hydroxylation is 1. The number of benzene rings is 1. The van der Waals surface area contributed by atoms with Crippen molar-refractivity contribution in [1.82, 2.24) is 25.2 Å². The molecule has 0 radical (unpaired) electrons. The minimum absolute atomic E-state index is 0.162. The van der Waals surface area contributed by atoms with Crippen LogP contribution in [0.15, 0.2) is 30.5 Å². The van der Waals surface area contributed by atoms with Crippen molar-refractivity contribution in [1.29, 1.82) is 0 Å². The predicted octanol–water partition coefficient (Wildman–Crippen LogP) is 3.16. The molecule has 4 rings (SSSR count).